The lowest BCUT2D eigenvalue weighted by atomic mass is 10.0. The van der Waals surface area contributed by atoms with Gasteiger partial charge in [-0.05, 0) is 85.0 Å². The van der Waals surface area contributed by atoms with Crippen LogP contribution in [0.4, 0.5) is 17.1 Å². The van der Waals surface area contributed by atoms with E-state index in [0.29, 0.717) is 17.5 Å². The minimum Gasteiger partial charge on any atom is -0.456 e. The highest BCUT2D eigenvalue weighted by Gasteiger charge is 2.21. The Bertz CT molecular complexity index is 2570. The van der Waals surface area contributed by atoms with Gasteiger partial charge in [-0.2, -0.15) is 0 Å². The van der Waals surface area contributed by atoms with E-state index in [1.54, 1.807) is 0 Å². The van der Waals surface area contributed by atoms with Crippen LogP contribution in [0.1, 0.15) is 24.2 Å². The second-order valence-electron chi connectivity index (χ2n) is 12.9. The SMILES string of the molecule is Cc1ccc(-c2ccc(N(c3ccccc3)c3cccc4oc5cc(-c6nc(C7=CC=CCC7)nc(-c7ccccc7)n6)ccc5c34)cc2)cc1. The van der Waals surface area contributed by atoms with Gasteiger partial charge in [0.1, 0.15) is 11.2 Å². The zero-order valence-corrected chi connectivity index (χ0v) is 28.2. The zero-order valence-electron chi connectivity index (χ0n) is 28.2. The fourth-order valence-corrected chi connectivity index (χ4v) is 6.84. The van der Waals surface area contributed by atoms with Gasteiger partial charge >= 0.3 is 0 Å². The van der Waals surface area contributed by atoms with Crippen LogP contribution in [0, 0.1) is 6.92 Å². The molecule has 244 valence electrons. The molecule has 0 N–H and O–H groups in total. The third kappa shape index (κ3) is 5.89. The van der Waals surface area contributed by atoms with Crippen LogP contribution in [0.3, 0.4) is 0 Å². The van der Waals surface area contributed by atoms with Crippen molar-refractivity contribution in [3.8, 4) is 33.9 Å². The molecule has 8 aromatic rings. The standard InChI is InChI=1S/C46H34N4O/c1-31-20-22-32(23-21-31)33-24-27-38(28-25-33)50(37-16-9-4-10-17-37)40-18-11-19-41-43(40)39-29-26-36(30-42(39)51-41)46-48-44(34-12-5-2-6-13-34)47-45(49-46)35-14-7-3-8-15-35/h2-7,9-14,16-30H,8,15H2,1H3. The molecule has 0 saturated heterocycles. The second-order valence-corrected chi connectivity index (χ2v) is 12.9. The number of anilines is 3. The van der Waals surface area contributed by atoms with Crippen LogP contribution in [0.2, 0.25) is 0 Å². The molecule has 0 unspecified atom stereocenters. The number of allylic oxidation sites excluding steroid dienone is 4. The molecule has 0 amide bonds. The third-order valence-corrected chi connectivity index (χ3v) is 9.47. The number of nitrogens with zero attached hydrogens (tertiary/aromatic N) is 4. The van der Waals surface area contributed by atoms with E-state index in [9.17, 15) is 0 Å². The first-order chi connectivity index (χ1) is 25.2. The Labute approximate surface area is 296 Å². The van der Waals surface area contributed by atoms with Crippen molar-refractivity contribution < 1.29 is 4.42 Å². The topological polar surface area (TPSA) is 55.1 Å². The molecule has 51 heavy (non-hydrogen) atoms. The number of benzene rings is 6. The number of para-hydroxylation sites is 1. The number of hydrogen-bond acceptors (Lipinski definition) is 5. The average molecular weight is 659 g/mol. The van der Waals surface area contributed by atoms with E-state index in [2.05, 4.69) is 139 Å². The van der Waals surface area contributed by atoms with Gasteiger partial charge in [-0.1, -0.05) is 121 Å². The van der Waals surface area contributed by atoms with Gasteiger partial charge in [0.25, 0.3) is 0 Å². The summed E-state index contributed by atoms with van der Waals surface area (Å²) in [5.41, 5.74) is 11.3. The summed E-state index contributed by atoms with van der Waals surface area (Å²) >= 11 is 0. The van der Waals surface area contributed by atoms with Crippen LogP contribution in [0.15, 0.2) is 168 Å². The van der Waals surface area contributed by atoms with E-state index in [4.69, 9.17) is 19.4 Å². The number of furan rings is 1. The minimum atomic E-state index is 0.622. The molecule has 1 aliphatic carbocycles. The van der Waals surface area contributed by atoms with Crippen molar-refractivity contribution in [2.45, 2.75) is 19.8 Å². The molecule has 0 saturated carbocycles. The summed E-state index contributed by atoms with van der Waals surface area (Å²) in [5, 5.41) is 2.07. The van der Waals surface area contributed by atoms with Gasteiger partial charge in [-0.25, -0.2) is 15.0 Å². The van der Waals surface area contributed by atoms with Crippen LogP contribution in [-0.4, -0.2) is 15.0 Å². The van der Waals surface area contributed by atoms with Gasteiger partial charge in [0.2, 0.25) is 0 Å². The number of rotatable bonds is 7. The molecular weight excluding hydrogens is 625 g/mol. The quantitative estimate of drug-likeness (QED) is 0.171. The van der Waals surface area contributed by atoms with Gasteiger partial charge in [0, 0.05) is 27.9 Å². The average Bonchev–Trinajstić information content (AvgIpc) is 3.58. The van der Waals surface area contributed by atoms with Gasteiger partial charge in [0.05, 0.1) is 11.1 Å². The lowest BCUT2D eigenvalue weighted by Crippen LogP contribution is -2.10. The number of fused-ring (bicyclic) bond motifs is 3. The summed E-state index contributed by atoms with van der Waals surface area (Å²) in [6.07, 6.45) is 8.23. The maximum absolute atomic E-state index is 6.61. The van der Waals surface area contributed by atoms with Gasteiger partial charge in [-0.3, -0.25) is 0 Å². The van der Waals surface area contributed by atoms with E-state index in [0.717, 1.165) is 68.5 Å². The van der Waals surface area contributed by atoms with E-state index in [-0.39, 0.29) is 0 Å². The lowest BCUT2D eigenvalue weighted by Gasteiger charge is -2.26. The van der Waals surface area contributed by atoms with Gasteiger partial charge in [-0.15, -0.1) is 0 Å². The van der Waals surface area contributed by atoms with Crippen molar-refractivity contribution in [2.24, 2.45) is 0 Å². The van der Waals surface area contributed by atoms with E-state index in [1.165, 1.54) is 16.7 Å². The van der Waals surface area contributed by atoms with Crippen molar-refractivity contribution in [1.29, 1.82) is 0 Å². The molecule has 0 bridgehead atoms. The first-order valence-corrected chi connectivity index (χ1v) is 17.3. The summed E-state index contributed by atoms with van der Waals surface area (Å²) in [6.45, 7) is 2.12. The molecule has 0 spiro atoms. The van der Waals surface area contributed by atoms with E-state index in [1.807, 2.05) is 36.4 Å². The highest BCUT2D eigenvalue weighted by atomic mass is 16.3. The van der Waals surface area contributed by atoms with Crippen LogP contribution in [-0.2, 0) is 0 Å². The summed E-state index contributed by atoms with van der Waals surface area (Å²) in [4.78, 5) is 17.2. The third-order valence-electron chi connectivity index (χ3n) is 9.47. The summed E-state index contributed by atoms with van der Waals surface area (Å²) in [7, 11) is 0. The Hall–Kier alpha value is -6.59. The molecule has 6 aromatic carbocycles. The molecule has 0 atom stereocenters. The minimum absolute atomic E-state index is 0.622. The Balaban J connectivity index is 1.16. The smallest absolute Gasteiger partial charge is 0.164 e. The fraction of sp³-hybridized carbons (Fsp3) is 0.0652. The highest BCUT2D eigenvalue weighted by molar-refractivity contribution is 6.13. The van der Waals surface area contributed by atoms with E-state index >= 15 is 0 Å². The predicted octanol–water partition coefficient (Wildman–Crippen LogP) is 12.3. The molecule has 0 fully saturated rings. The van der Waals surface area contributed by atoms with Gasteiger partial charge in [0.15, 0.2) is 17.5 Å². The van der Waals surface area contributed by atoms with Crippen molar-refractivity contribution in [3.63, 3.8) is 0 Å². The van der Waals surface area contributed by atoms with Crippen LogP contribution in [0.5, 0.6) is 0 Å². The second kappa shape index (κ2) is 13.0. The molecule has 0 aliphatic heterocycles. The maximum Gasteiger partial charge on any atom is 0.164 e. The van der Waals surface area contributed by atoms with Gasteiger partial charge < -0.3 is 9.32 Å². The Kier molecular flexibility index (Phi) is 7.78. The molecular formula is C46H34N4O. The fourth-order valence-electron chi connectivity index (χ4n) is 6.84. The van der Waals surface area contributed by atoms with E-state index < -0.39 is 0 Å². The van der Waals surface area contributed by atoms with Crippen molar-refractivity contribution in [1.82, 2.24) is 15.0 Å². The molecule has 5 nitrogen and oxygen atoms in total. The number of hydrogen-bond donors (Lipinski definition) is 0. The summed E-state index contributed by atoms with van der Waals surface area (Å²) in [5.74, 6) is 1.99. The monoisotopic (exact) mass is 658 g/mol. The molecule has 9 rings (SSSR count). The summed E-state index contributed by atoms with van der Waals surface area (Å²) < 4.78 is 6.61. The Morgan fingerprint density at radius 2 is 1.20 bits per heavy atom. The molecule has 5 heteroatoms. The normalized spacial score (nSPS) is 12.7. The van der Waals surface area contributed by atoms with Crippen LogP contribution >= 0.6 is 0 Å². The molecule has 1 aliphatic rings. The zero-order chi connectivity index (χ0) is 34.1. The molecule has 2 aromatic heterocycles. The van der Waals surface area contributed by atoms with Crippen molar-refractivity contribution in [2.75, 3.05) is 4.90 Å². The first-order valence-electron chi connectivity index (χ1n) is 17.3. The van der Waals surface area contributed by atoms with Crippen LogP contribution in [0.25, 0.3) is 61.4 Å². The molecule has 2 heterocycles. The van der Waals surface area contributed by atoms with Crippen molar-refractivity contribution >= 4 is 44.6 Å². The number of aryl methyl sites for hydroxylation is 1. The number of aromatic nitrogens is 3. The molecule has 0 radical (unpaired) electrons. The lowest BCUT2D eigenvalue weighted by molar-refractivity contribution is 0.669. The maximum atomic E-state index is 6.61. The van der Waals surface area contributed by atoms with Crippen molar-refractivity contribution in [3.05, 3.63) is 175 Å². The highest BCUT2D eigenvalue weighted by Crippen LogP contribution is 2.43. The first kappa shape index (κ1) is 30.5. The Morgan fingerprint density at radius 1 is 0.549 bits per heavy atom. The predicted molar refractivity (Wildman–Crippen MR) is 209 cm³/mol. The largest absolute Gasteiger partial charge is 0.456 e. The van der Waals surface area contributed by atoms with Crippen LogP contribution < -0.4 is 4.90 Å². The summed E-state index contributed by atoms with van der Waals surface area (Å²) in [6, 6.07) is 50.6. The Morgan fingerprint density at radius 3 is 1.92 bits per heavy atom.